The first kappa shape index (κ1) is 19.5. The van der Waals surface area contributed by atoms with E-state index in [0.717, 1.165) is 0 Å². The van der Waals surface area contributed by atoms with Crippen molar-refractivity contribution in [2.75, 3.05) is 6.61 Å². The average molecular weight is 385 g/mol. The van der Waals surface area contributed by atoms with Crippen LogP contribution in [0.5, 0.6) is 0 Å². The van der Waals surface area contributed by atoms with Gasteiger partial charge < -0.3 is 19.0 Å². The molecule has 0 saturated carbocycles. The van der Waals surface area contributed by atoms with Gasteiger partial charge in [-0.3, -0.25) is 14.3 Å². The van der Waals surface area contributed by atoms with Crippen molar-refractivity contribution in [3.05, 3.63) is 33.1 Å². The largest absolute Gasteiger partial charge is 0.408 e. The van der Waals surface area contributed by atoms with Gasteiger partial charge in [-0.05, 0) is 25.1 Å². The fourth-order valence-electron chi connectivity index (χ4n) is 3.26. The molecule has 0 aromatic carbocycles. The van der Waals surface area contributed by atoms with Crippen LogP contribution in [0.3, 0.4) is 0 Å². The predicted molar refractivity (Wildman–Crippen MR) is 97.7 cm³/mol. The van der Waals surface area contributed by atoms with Gasteiger partial charge in [-0.2, -0.15) is 0 Å². The lowest BCUT2D eigenvalue weighted by atomic mass is 9.94. The summed E-state index contributed by atoms with van der Waals surface area (Å²) in [6, 6.07) is 1.26. The molecule has 1 aromatic heterocycles. The molecule has 9 heteroatoms. The summed E-state index contributed by atoms with van der Waals surface area (Å²) in [5.74, 6) is 0. The Balaban J connectivity index is 2.00. The minimum Gasteiger partial charge on any atom is -0.408 e. The van der Waals surface area contributed by atoms with Gasteiger partial charge in [-0.25, -0.2) is 4.79 Å². The van der Waals surface area contributed by atoms with Gasteiger partial charge in [-0.15, -0.1) is 0 Å². The zero-order chi connectivity index (χ0) is 19.5. The van der Waals surface area contributed by atoms with E-state index >= 15 is 0 Å². The zero-order valence-corrected chi connectivity index (χ0v) is 17.1. The molecule has 0 unspecified atom stereocenters. The second-order valence-electron chi connectivity index (χ2n) is 8.73. The highest BCUT2D eigenvalue weighted by Gasteiger charge is 2.66. The molecule has 1 aromatic rings. The molecule has 2 saturated heterocycles. The van der Waals surface area contributed by atoms with Gasteiger partial charge in [0.05, 0.1) is 12.7 Å². The number of H-pyrrole nitrogens is 1. The Kier molecular flexibility index (Phi) is 4.60. The van der Waals surface area contributed by atoms with Crippen LogP contribution in [0.15, 0.2) is 21.9 Å². The van der Waals surface area contributed by atoms with E-state index in [4.69, 9.17) is 13.9 Å². The highest BCUT2D eigenvalue weighted by Crippen LogP contribution is 2.50. The van der Waals surface area contributed by atoms with Gasteiger partial charge in [-0.1, -0.05) is 20.8 Å². The van der Waals surface area contributed by atoms with Gasteiger partial charge in [0, 0.05) is 12.3 Å². The van der Waals surface area contributed by atoms with Gasteiger partial charge in [0.15, 0.2) is 14.5 Å². The summed E-state index contributed by atoms with van der Waals surface area (Å²) >= 11 is 0. The molecule has 2 bridgehead atoms. The van der Waals surface area contributed by atoms with Crippen LogP contribution >= 0.6 is 0 Å². The van der Waals surface area contributed by atoms with E-state index in [0.29, 0.717) is 0 Å². The molecule has 2 N–H and O–H groups in total. The van der Waals surface area contributed by atoms with Crippen LogP contribution in [0.2, 0.25) is 18.1 Å². The van der Waals surface area contributed by atoms with Crippen molar-refractivity contribution in [2.45, 2.75) is 76.0 Å². The minimum atomic E-state index is -2.18. The number of hydrogen-bond acceptors (Lipinski definition) is 6. The third-order valence-corrected chi connectivity index (χ3v) is 10.4. The number of nitrogens with one attached hydrogen (secondary N) is 1. The maximum Gasteiger partial charge on any atom is 0.330 e. The minimum absolute atomic E-state index is 0.0285. The number of nitrogens with zero attached hydrogens (tertiary/aromatic N) is 1. The summed E-state index contributed by atoms with van der Waals surface area (Å²) in [5, 5.41) is 10.4. The molecule has 3 rings (SSSR count). The summed E-state index contributed by atoms with van der Waals surface area (Å²) in [6.45, 7) is 12.5. The average Bonchev–Trinajstić information content (AvgIpc) is 2.99. The molecule has 3 heterocycles. The van der Waals surface area contributed by atoms with Gasteiger partial charge in [0.25, 0.3) is 5.56 Å². The highest BCUT2D eigenvalue weighted by molar-refractivity contribution is 6.74. The number of aromatic nitrogens is 2. The van der Waals surface area contributed by atoms with Crippen LogP contribution in [-0.4, -0.2) is 53.5 Å². The van der Waals surface area contributed by atoms with Crippen molar-refractivity contribution in [2.24, 2.45) is 0 Å². The normalized spacial score (nSPS) is 32.8. The monoisotopic (exact) mass is 384 g/mol. The van der Waals surface area contributed by atoms with Crippen molar-refractivity contribution in [3.63, 3.8) is 0 Å². The lowest BCUT2D eigenvalue weighted by Crippen LogP contribution is -2.55. The van der Waals surface area contributed by atoms with Gasteiger partial charge >= 0.3 is 5.69 Å². The van der Waals surface area contributed by atoms with E-state index in [1.165, 1.54) is 16.8 Å². The van der Waals surface area contributed by atoms with Crippen LogP contribution in [0.4, 0.5) is 0 Å². The molecule has 2 fully saturated rings. The molecule has 8 nitrogen and oxygen atoms in total. The summed E-state index contributed by atoms with van der Waals surface area (Å²) in [4.78, 5) is 25.8. The van der Waals surface area contributed by atoms with E-state index in [2.05, 4.69) is 38.8 Å². The Morgan fingerprint density at radius 2 is 2.08 bits per heavy atom. The number of fused-ring (bicyclic) bond motifs is 2. The number of aliphatic hydroxyl groups is 1. The van der Waals surface area contributed by atoms with Crippen LogP contribution in [0.25, 0.3) is 0 Å². The Morgan fingerprint density at radius 3 is 2.62 bits per heavy atom. The first-order chi connectivity index (χ1) is 11.9. The van der Waals surface area contributed by atoms with E-state index < -0.39 is 49.7 Å². The number of rotatable bonds is 4. The second-order valence-corrected chi connectivity index (χ2v) is 13.5. The maximum atomic E-state index is 12.2. The first-order valence-electron chi connectivity index (χ1n) is 8.86. The number of ether oxygens (including phenoxy) is 2. The molecule has 5 atom stereocenters. The molecule has 0 amide bonds. The standard InChI is InChI=1S/C17H28N2O6Si/c1-10(20)17-9-23-12(13(17)25-26(5,6)16(2,3)4)14(24-17)19-8-7-11(21)18-15(19)22/h7-8,10,12-14,20H,9H2,1-6H3,(H,18,21,22)/t10-,12-,13+,14+,17-/m0/s1. The lowest BCUT2D eigenvalue weighted by molar-refractivity contribution is -0.206. The third-order valence-electron chi connectivity index (χ3n) is 5.96. The molecule has 146 valence electrons. The quantitative estimate of drug-likeness (QED) is 0.750. The summed E-state index contributed by atoms with van der Waals surface area (Å²) in [5.41, 5.74) is -2.10. The van der Waals surface area contributed by atoms with E-state index in [-0.39, 0.29) is 11.6 Å². The summed E-state index contributed by atoms with van der Waals surface area (Å²) < 4.78 is 19.9. The van der Waals surface area contributed by atoms with Crippen molar-refractivity contribution in [1.29, 1.82) is 0 Å². The molecule has 2 aliphatic heterocycles. The molecule has 0 aliphatic carbocycles. The molecular weight excluding hydrogens is 356 g/mol. The van der Waals surface area contributed by atoms with Crippen molar-refractivity contribution >= 4 is 8.32 Å². The Morgan fingerprint density at radius 1 is 1.42 bits per heavy atom. The SMILES string of the molecule is C[C@H](O)[C@]12CO[C@H]([C@H](n3ccc(=O)[nH]c3=O)O1)[C@H]2O[Si](C)(C)C(C)(C)C. The van der Waals surface area contributed by atoms with Gasteiger partial charge in [0.1, 0.15) is 17.8 Å². The van der Waals surface area contributed by atoms with Crippen LogP contribution < -0.4 is 11.2 Å². The summed E-state index contributed by atoms with van der Waals surface area (Å²) in [7, 11) is -2.18. The van der Waals surface area contributed by atoms with Crippen LogP contribution in [0.1, 0.15) is 33.9 Å². The molecular formula is C17H28N2O6Si. The fraction of sp³-hybridized carbons (Fsp3) is 0.765. The number of aliphatic hydroxyl groups excluding tert-OH is 1. The zero-order valence-electron chi connectivity index (χ0n) is 16.1. The summed E-state index contributed by atoms with van der Waals surface area (Å²) in [6.07, 6.45) is -1.26. The van der Waals surface area contributed by atoms with Crippen molar-refractivity contribution < 1.29 is 19.0 Å². The molecule has 26 heavy (non-hydrogen) atoms. The van der Waals surface area contributed by atoms with E-state index in [9.17, 15) is 14.7 Å². The van der Waals surface area contributed by atoms with Gasteiger partial charge in [0.2, 0.25) is 0 Å². The van der Waals surface area contributed by atoms with Crippen LogP contribution in [0, 0.1) is 0 Å². The first-order valence-corrected chi connectivity index (χ1v) is 11.8. The third kappa shape index (κ3) is 2.91. The maximum absolute atomic E-state index is 12.2. The Labute approximate surface area is 153 Å². The number of aromatic amines is 1. The van der Waals surface area contributed by atoms with E-state index in [1.54, 1.807) is 6.92 Å². The Bertz CT molecular complexity index is 795. The van der Waals surface area contributed by atoms with E-state index in [1.807, 2.05) is 0 Å². The Hall–Kier alpha value is -1.26. The lowest BCUT2D eigenvalue weighted by Gasteiger charge is -2.41. The number of hydrogen-bond donors (Lipinski definition) is 2. The van der Waals surface area contributed by atoms with Crippen molar-refractivity contribution in [3.8, 4) is 0 Å². The highest BCUT2D eigenvalue weighted by atomic mass is 28.4. The van der Waals surface area contributed by atoms with Crippen LogP contribution in [-0.2, 0) is 13.9 Å². The smallest absolute Gasteiger partial charge is 0.330 e. The molecule has 0 spiro atoms. The second kappa shape index (κ2) is 6.13. The van der Waals surface area contributed by atoms with Crippen molar-refractivity contribution in [1.82, 2.24) is 9.55 Å². The topological polar surface area (TPSA) is 103 Å². The fourth-order valence-corrected chi connectivity index (χ4v) is 4.58. The molecule has 0 radical (unpaired) electrons. The molecule has 2 aliphatic rings. The predicted octanol–water partition coefficient (Wildman–Crippen LogP) is 0.974.